The molecule has 2 N–H and O–H groups in total. The molecule has 2 aliphatic rings. The minimum Gasteiger partial charge on any atom is -0.493 e. The van der Waals surface area contributed by atoms with E-state index in [1.165, 1.54) is 7.11 Å². The Balaban J connectivity index is 1.23. The van der Waals surface area contributed by atoms with Crippen molar-refractivity contribution in [1.82, 2.24) is 10.2 Å². The summed E-state index contributed by atoms with van der Waals surface area (Å²) in [6.45, 7) is 4.29. The topological polar surface area (TPSA) is 107 Å². The number of alkyl carbamates (subject to hydrolysis) is 1. The Bertz CT molecular complexity index is 1290. The van der Waals surface area contributed by atoms with Crippen LogP contribution in [-0.2, 0) is 20.7 Å². The van der Waals surface area contributed by atoms with E-state index in [4.69, 9.17) is 18.9 Å². The number of benzene rings is 3. The Morgan fingerprint density at radius 1 is 1.00 bits per heavy atom. The lowest BCUT2D eigenvalue weighted by Crippen LogP contribution is -2.43. The zero-order valence-corrected chi connectivity index (χ0v) is 22.5. The van der Waals surface area contributed by atoms with Crippen molar-refractivity contribution in [2.45, 2.75) is 18.4 Å². The minimum atomic E-state index is -1.22. The lowest BCUT2D eigenvalue weighted by Gasteiger charge is -2.26. The zero-order chi connectivity index (χ0) is 27.9. The second-order valence-electron chi connectivity index (χ2n) is 9.82. The first-order chi connectivity index (χ1) is 19.5. The molecule has 3 aromatic rings. The van der Waals surface area contributed by atoms with E-state index in [-0.39, 0.29) is 18.9 Å². The third kappa shape index (κ3) is 6.21. The van der Waals surface area contributed by atoms with Gasteiger partial charge in [0.25, 0.3) is 0 Å². The number of fused-ring (bicyclic) bond motifs is 3. The predicted molar refractivity (Wildman–Crippen MR) is 149 cm³/mol. The van der Waals surface area contributed by atoms with Crippen LogP contribution in [0.1, 0.15) is 22.6 Å². The van der Waals surface area contributed by atoms with Crippen LogP contribution < -0.4 is 14.8 Å². The van der Waals surface area contributed by atoms with Crippen molar-refractivity contribution in [2.24, 2.45) is 0 Å². The quantitative estimate of drug-likeness (QED) is 0.373. The van der Waals surface area contributed by atoms with Crippen LogP contribution in [0.4, 0.5) is 4.79 Å². The van der Waals surface area contributed by atoms with Crippen LogP contribution in [0.3, 0.4) is 0 Å². The first-order valence-corrected chi connectivity index (χ1v) is 13.5. The predicted octanol–water partition coefficient (Wildman–Crippen LogP) is 3.94. The van der Waals surface area contributed by atoms with Gasteiger partial charge in [0.15, 0.2) is 11.5 Å². The van der Waals surface area contributed by atoms with Gasteiger partial charge in [0, 0.05) is 37.5 Å². The highest BCUT2D eigenvalue weighted by Crippen LogP contribution is 2.44. The lowest BCUT2D eigenvalue weighted by atomic mass is 9.98. The number of methoxy groups -OCH3 is 1. The molecule has 5 rings (SSSR count). The molecule has 9 heteroatoms. The minimum absolute atomic E-state index is 0.00359. The average Bonchev–Trinajstić information content (AvgIpc) is 3.30. The molecule has 40 heavy (non-hydrogen) atoms. The van der Waals surface area contributed by atoms with Crippen molar-refractivity contribution in [2.75, 3.05) is 53.2 Å². The number of nitrogens with one attached hydrogen (secondary N) is 1. The van der Waals surface area contributed by atoms with Crippen LogP contribution in [-0.4, -0.2) is 81.3 Å². The van der Waals surface area contributed by atoms with Gasteiger partial charge in [-0.05, 0) is 28.3 Å². The van der Waals surface area contributed by atoms with Crippen molar-refractivity contribution >= 4 is 12.1 Å². The van der Waals surface area contributed by atoms with Crippen LogP contribution >= 0.6 is 0 Å². The Kier molecular flexibility index (Phi) is 8.83. The summed E-state index contributed by atoms with van der Waals surface area (Å²) in [7, 11) is 1.54. The van der Waals surface area contributed by atoms with E-state index in [1.807, 2.05) is 36.4 Å². The van der Waals surface area contributed by atoms with Crippen molar-refractivity contribution in [3.8, 4) is 22.6 Å². The van der Waals surface area contributed by atoms with Crippen LogP contribution in [0, 0.1) is 0 Å². The van der Waals surface area contributed by atoms with Gasteiger partial charge in [-0.15, -0.1) is 0 Å². The van der Waals surface area contributed by atoms with Gasteiger partial charge in [-0.1, -0.05) is 60.7 Å². The van der Waals surface area contributed by atoms with Gasteiger partial charge < -0.3 is 29.4 Å². The van der Waals surface area contributed by atoms with Gasteiger partial charge in [-0.25, -0.2) is 9.59 Å². The molecule has 1 saturated heterocycles. The molecule has 9 nitrogen and oxygen atoms in total. The Morgan fingerprint density at radius 3 is 2.33 bits per heavy atom. The number of carboxylic acids is 1. The molecular weight excluding hydrogens is 512 g/mol. The van der Waals surface area contributed by atoms with E-state index in [0.29, 0.717) is 43.4 Å². The molecule has 1 heterocycles. The maximum Gasteiger partial charge on any atom is 0.407 e. The van der Waals surface area contributed by atoms with Crippen LogP contribution in [0.5, 0.6) is 11.5 Å². The van der Waals surface area contributed by atoms with Crippen LogP contribution in [0.2, 0.25) is 0 Å². The molecule has 0 bridgehead atoms. The Hall–Kier alpha value is -4.08. The number of carboxylic acid groups (broad SMARTS) is 1. The molecule has 1 aliphatic heterocycles. The highest BCUT2D eigenvalue weighted by atomic mass is 16.5. The maximum absolute atomic E-state index is 12.8. The standard InChI is InChI=1S/C31H34N2O7/c1-37-28-12-6-7-21(29(28)39-18-15-33-13-16-38-17-14-33)19-27(30(34)35)32-31(36)40-20-26-24-10-4-2-8-22(24)23-9-3-5-11-25(23)26/h2-12,26-27H,13-20H2,1H3,(H,32,36)(H,34,35). The van der Waals surface area contributed by atoms with Gasteiger partial charge in [-0.3, -0.25) is 4.90 Å². The summed E-state index contributed by atoms with van der Waals surface area (Å²) in [6.07, 6.45) is -0.782. The fourth-order valence-electron chi connectivity index (χ4n) is 5.35. The molecule has 1 fully saturated rings. The summed E-state index contributed by atoms with van der Waals surface area (Å²) in [6, 6.07) is 20.2. The van der Waals surface area contributed by atoms with E-state index in [1.54, 1.807) is 18.2 Å². The first kappa shape index (κ1) is 27.5. The highest BCUT2D eigenvalue weighted by molar-refractivity contribution is 5.81. The molecule has 1 atom stereocenters. The van der Waals surface area contributed by atoms with E-state index in [9.17, 15) is 14.7 Å². The molecular formula is C31H34N2O7. The van der Waals surface area contributed by atoms with E-state index >= 15 is 0 Å². The molecule has 0 spiro atoms. The summed E-state index contributed by atoms with van der Waals surface area (Å²) in [5, 5.41) is 12.5. The number of amides is 1. The molecule has 3 aromatic carbocycles. The molecule has 1 aliphatic carbocycles. The second-order valence-corrected chi connectivity index (χ2v) is 9.82. The number of carbonyl (C=O) groups excluding carboxylic acids is 1. The maximum atomic E-state index is 12.8. The summed E-state index contributed by atoms with van der Waals surface area (Å²) in [4.78, 5) is 27.2. The zero-order valence-electron chi connectivity index (χ0n) is 22.5. The fourth-order valence-corrected chi connectivity index (χ4v) is 5.35. The molecule has 0 saturated carbocycles. The van der Waals surface area contributed by atoms with Gasteiger partial charge in [0.05, 0.1) is 20.3 Å². The summed E-state index contributed by atoms with van der Waals surface area (Å²) in [5.74, 6) is -0.314. The Morgan fingerprint density at radius 2 is 1.68 bits per heavy atom. The molecule has 0 aromatic heterocycles. The number of nitrogens with zero attached hydrogens (tertiary/aromatic N) is 1. The molecule has 1 amide bonds. The van der Waals surface area contributed by atoms with Gasteiger partial charge >= 0.3 is 12.1 Å². The number of hydrogen-bond acceptors (Lipinski definition) is 7. The van der Waals surface area contributed by atoms with E-state index < -0.39 is 18.1 Å². The third-order valence-corrected chi connectivity index (χ3v) is 7.40. The van der Waals surface area contributed by atoms with Crippen LogP contribution in [0.25, 0.3) is 11.1 Å². The summed E-state index contributed by atoms with van der Waals surface area (Å²) in [5.41, 5.74) is 5.03. The summed E-state index contributed by atoms with van der Waals surface area (Å²) >= 11 is 0. The number of para-hydroxylation sites is 1. The Labute approximate surface area is 233 Å². The largest absolute Gasteiger partial charge is 0.493 e. The van der Waals surface area contributed by atoms with Crippen LogP contribution in [0.15, 0.2) is 66.7 Å². The van der Waals surface area contributed by atoms with Gasteiger partial charge in [0.2, 0.25) is 0 Å². The number of carbonyl (C=O) groups is 2. The number of morpholine rings is 1. The van der Waals surface area contributed by atoms with Crippen molar-refractivity contribution in [3.05, 3.63) is 83.4 Å². The van der Waals surface area contributed by atoms with Crippen molar-refractivity contribution < 1.29 is 33.6 Å². The number of hydrogen-bond donors (Lipinski definition) is 2. The number of aliphatic carboxylic acids is 1. The monoisotopic (exact) mass is 546 g/mol. The van der Waals surface area contributed by atoms with E-state index in [0.717, 1.165) is 35.3 Å². The second kappa shape index (κ2) is 12.8. The van der Waals surface area contributed by atoms with Gasteiger partial charge in [-0.2, -0.15) is 0 Å². The SMILES string of the molecule is COc1cccc(CC(NC(=O)OCC2c3ccccc3-c3ccccc32)C(=O)O)c1OCCN1CCOCC1. The normalized spacial score (nSPS) is 15.5. The smallest absolute Gasteiger partial charge is 0.407 e. The lowest BCUT2D eigenvalue weighted by molar-refractivity contribution is -0.139. The molecule has 210 valence electrons. The number of rotatable bonds is 11. The third-order valence-electron chi connectivity index (χ3n) is 7.40. The highest BCUT2D eigenvalue weighted by Gasteiger charge is 2.30. The van der Waals surface area contributed by atoms with Gasteiger partial charge in [0.1, 0.15) is 19.3 Å². The van der Waals surface area contributed by atoms with E-state index in [2.05, 4.69) is 22.3 Å². The summed E-state index contributed by atoms with van der Waals surface area (Å²) < 4.78 is 22.5. The van der Waals surface area contributed by atoms with Crippen molar-refractivity contribution in [1.29, 1.82) is 0 Å². The number of ether oxygens (including phenoxy) is 4. The van der Waals surface area contributed by atoms with Crippen molar-refractivity contribution in [3.63, 3.8) is 0 Å². The first-order valence-electron chi connectivity index (χ1n) is 13.5. The fraction of sp³-hybridized carbons (Fsp3) is 0.355. The average molecular weight is 547 g/mol. The molecule has 0 radical (unpaired) electrons. The molecule has 1 unspecified atom stereocenters.